The molecule has 0 spiro atoms. The maximum absolute atomic E-state index is 12.6. The average Bonchev–Trinajstić information content (AvgIpc) is 3.12. The highest BCUT2D eigenvalue weighted by Gasteiger charge is 2.49. The van der Waals surface area contributed by atoms with Crippen LogP contribution in [0, 0.1) is 25.2 Å². The molecule has 0 amide bonds. The molecule has 0 aromatic carbocycles. The number of anilines is 3. The molecule has 0 bridgehead atoms. The molecule has 160 valence electrons. The molecule has 10 heteroatoms. The van der Waals surface area contributed by atoms with Gasteiger partial charge in [0.15, 0.2) is 0 Å². The van der Waals surface area contributed by atoms with Crippen molar-refractivity contribution in [2.24, 2.45) is 0 Å². The molecule has 2 aliphatic rings. The minimum atomic E-state index is -0.304. The number of aryl methyl sites for hydroxylation is 2. The van der Waals surface area contributed by atoms with E-state index in [-0.39, 0.29) is 12.2 Å². The third kappa shape index (κ3) is 4.24. The zero-order valence-electron chi connectivity index (χ0n) is 17.4. The third-order valence-electron chi connectivity index (χ3n) is 5.93. The molecule has 0 atom stereocenters. The first-order valence-corrected chi connectivity index (χ1v) is 11.0. The highest BCUT2D eigenvalue weighted by molar-refractivity contribution is 7.10. The van der Waals surface area contributed by atoms with E-state index < -0.39 is 0 Å². The molecule has 4 rings (SSSR count). The number of hydrogen-bond acceptors (Lipinski definition) is 9. The topological polar surface area (TPSA) is 84.2 Å². The number of halogens is 1. The van der Waals surface area contributed by atoms with Gasteiger partial charge < -0.3 is 10.2 Å². The summed E-state index contributed by atoms with van der Waals surface area (Å²) in [6.07, 6.45) is 2.32. The summed E-state index contributed by atoms with van der Waals surface area (Å²) in [6.45, 7) is 9.14. The van der Waals surface area contributed by atoms with Gasteiger partial charge in [0.25, 0.3) is 0 Å². The van der Waals surface area contributed by atoms with Crippen LogP contribution in [-0.4, -0.2) is 82.2 Å². The Balaban J connectivity index is 1.44. The summed E-state index contributed by atoms with van der Waals surface area (Å²) < 4.78 is 16.9. The Morgan fingerprint density at radius 3 is 2.67 bits per heavy atom. The molecular weight excluding hydrogens is 403 g/mol. The lowest BCUT2D eigenvalue weighted by Crippen LogP contribution is -2.72. The van der Waals surface area contributed by atoms with E-state index in [4.69, 9.17) is 4.98 Å². The zero-order chi connectivity index (χ0) is 21.1. The third-order valence-corrected chi connectivity index (χ3v) is 6.73. The van der Waals surface area contributed by atoms with E-state index in [1.54, 1.807) is 0 Å². The molecule has 0 unspecified atom stereocenters. The first kappa shape index (κ1) is 20.9. The van der Waals surface area contributed by atoms with Crippen LogP contribution in [0.2, 0.25) is 0 Å². The fourth-order valence-corrected chi connectivity index (χ4v) is 4.95. The number of nitrogens with zero attached hydrogens (tertiary/aromatic N) is 7. The molecule has 4 heterocycles. The number of piperazine rings is 1. The monoisotopic (exact) mass is 430 g/mol. The molecule has 8 nitrogen and oxygen atoms in total. The second-order valence-corrected chi connectivity index (χ2v) is 8.90. The lowest BCUT2D eigenvalue weighted by Gasteiger charge is -2.57. The maximum Gasteiger partial charge on any atom is 0.229 e. The Labute approximate surface area is 180 Å². The van der Waals surface area contributed by atoms with Gasteiger partial charge in [0.05, 0.1) is 23.7 Å². The molecule has 30 heavy (non-hydrogen) atoms. The lowest BCUT2D eigenvalue weighted by molar-refractivity contribution is 0.0139. The van der Waals surface area contributed by atoms with Crippen LogP contribution in [0.5, 0.6) is 0 Å². The largest absolute Gasteiger partial charge is 0.352 e. The number of nitrogens with one attached hydrogen (secondary N) is 1. The van der Waals surface area contributed by atoms with Gasteiger partial charge in [-0.25, -0.2) is 9.37 Å². The fourth-order valence-electron chi connectivity index (χ4n) is 4.30. The van der Waals surface area contributed by atoms with Gasteiger partial charge in [0.2, 0.25) is 5.95 Å². The van der Waals surface area contributed by atoms with Gasteiger partial charge in [-0.1, -0.05) is 0 Å². The van der Waals surface area contributed by atoms with Crippen LogP contribution >= 0.6 is 11.5 Å². The Morgan fingerprint density at radius 1 is 1.27 bits per heavy atom. The first-order chi connectivity index (χ1) is 14.5. The van der Waals surface area contributed by atoms with Crippen molar-refractivity contribution < 1.29 is 4.39 Å². The molecule has 2 aromatic rings. The highest BCUT2D eigenvalue weighted by Crippen LogP contribution is 2.36. The quantitative estimate of drug-likeness (QED) is 0.717. The average molecular weight is 431 g/mol. The van der Waals surface area contributed by atoms with Crippen molar-refractivity contribution in [3.05, 3.63) is 23.5 Å². The van der Waals surface area contributed by atoms with Crippen molar-refractivity contribution in [3.8, 4) is 6.07 Å². The van der Waals surface area contributed by atoms with E-state index in [1.807, 2.05) is 26.1 Å². The standard InChI is InChI=1S/C20H27FN8S/c1-15-12-23-19(24-17-11-16(2)26-30-17)25-18(15)28-13-20(14-28,3-5-22)29-9-7-27(6-4-21)8-10-29/h11-12H,3-4,6-10,13-14H2,1-2H3,(H,23,24,25). The van der Waals surface area contributed by atoms with Gasteiger partial charge >= 0.3 is 0 Å². The summed E-state index contributed by atoms with van der Waals surface area (Å²) in [5, 5.41) is 13.6. The Hall–Kier alpha value is -2.35. The van der Waals surface area contributed by atoms with Crippen LogP contribution < -0.4 is 10.2 Å². The summed E-state index contributed by atoms with van der Waals surface area (Å²) in [5.74, 6) is 1.45. The van der Waals surface area contributed by atoms with Crippen molar-refractivity contribution in [2.45, 2.75) is 25.8 Å². The molecule has 0 aliphatic carbocycles. The minimum Gasteiger partial charge on any atom is -0.352 e. The van der Waals surface area contributed by atoms with E-state index in [9.17, 15) is 9.65 Å². The van der Waals surface area contributed by atoms with E-state index in [1.165, 1.54) is 11.5 Å². The van der Waals surface area contributed by atoms with E-state index in [0.717, 1.165) is 61.3 Å². The predicted octanol–water partition coefficient (Wildman–Crippen LogP) is 2.35. The molecule has 0 saturated carbocycles. The summed E-state index contributed by atoms with van der Waals surface area (Å²) >= 11 is 1.39. The number of alkyl halides is 1. The van der Waals surface area contributed by atoms with Crippen molar-refractivity contribution in [1.29, 1.82) is 5.26 Å². The minimum absolute atomic E-state index is 0.156. The van der Waals surface area contributed by atoms with Gasteiger partial charge in [-0.05, 0) is 31.4 Å². The summed E-state index contributed by atoms with van der Waals surface area (Å²) in [7, 11) is 0. The smallest absolute Gasteiger partial charge is 0.229 e. The second-order valence-electron chi connectivity index (χ2n) is 8.09. The number of nitriles is 1. The van der Waals surface area contributed by atoms with Crippen molar-refractivity contribution in [1.82, 2.24) is 24.1 Å². The van der Waals surface area contributed by atoms with Crippen LogP contribution in [-0.2, 0) is 0 Å². The van der Waals surface area contributed by atoms with Crippen molar-refractivity contribution in [2.75, 3.05) is 62.7 Å². The van der Waals surface area contributed by atoms with Gasteiger partial charge in [-0.3, -0.25) is 9.80 Å². The molecule has 2 fully saturated rings. The number of aromatic nitrogens is 3. The molecule has 1 N–H and O–H groups in total. The summed E-state index contributed by atoms with van der Waals surface area (Å²) in [4.78, 5) is 15.9. The van der Waals surface area contributed by atoms with Crippen molar-refractivity contribution in [3.63, 3.8) is 0 Å². The van der Waals surface area contributed by atoms with Gasteiger partial charge in [0, 0.05) is 57.6 Å². The van der Waals surface area contributed by atoms with Crippen LogP contribution in [0.25, 0.3) is 0 Å². The van der Waals surface area contributed by atoms with Crippen LogP contribution in [0.15, 0.2) is 12.3 Å². The Kier molecular flexibility index (Phi) is 6.13. The summed E-state index contributed by atoms with van der Waals surface area (Å²) in [6, 6.07) is 4.35. The molecule has 2 aromatic heterocycles. The predicted molar refractivity (Wildman–Crippen MR) is 116 cm³/mol. The van der Waals surface area contributed by atoms with Gasteiger partial charge in [-0.15, -0.1) is 0 Å². The maximum atomic E-state index is 12.6. The van der Waals surface area contributed by atoms with Gasteiger partial charge in [0.1, 0.15) is 17.5 Å². The first-order valence-electron chi connectivity index (χ1n) is 10.2. The lowest BCUT2D eigenvalue weighted by atomic mass is 9.83. The summed E-state index contributed by atoms with van der Waals surface area (Å²) in [5.41, 5.74) is 1.82. The number of rotatable bonds is 7. The van der Waals surface area contributed by atoms with Crippen LogP contribution in [0.4, 0.5) is 21.2 Å². The zero-order valence-corrected chi connectivity index (χ0v) is 18.3. The Morgan fingerprint density at radius 2 is 2.03 bits per heavy atom. The van der Waals surface area contributed by atoms with Gasteiger partial charge in [-0.2, -0.15) is 14.6 Å². The molecule has 2 aliphatic heterocycles. The SMILES string of the molecule is Cc1cc(Nc2ncc(C)c(N3CC(CC#N)(N4CCN(CCF)CC4)C3)n2)sn1. The van der Waals surface area contributed by atoms with Crippen LogP contribution in [0.1, 0.15) is 17.7 Å². The van der Waals surface area contributed by atoms with E-state index in [2.05, 4.69) is 35.4 Å². The van der Waals surface area contributed by atoms with Crippen molar-refractivity contribution >= 4 is 28.3 Å². The number of hydrogen-bond donors (Lipinski definition) is 1. The second kappa shape index (κ2) is 8.79. The van der Waals surface area contributed by atoms with E-state index >= 15 is 0 Å². The molecule has 2 saturated heterocycles. The Bertz CT molecular complexity index is 912. The molecule has 0 radical (unpaired) electrons. The molecular formula is C20H27FN8S. The normalized spacial score (nSPS) is 19.3. The van der Waals surface area contributed by atoms with E-state index in [0.29, 0.717) is 18.9 Å². The van der Waals surface area contributed by atoms with Crippen LogP contribution in [0.3, 0.4) is 0 Å². The highest BCUT2D eigenvalue weighted by atomic mass is 32.1. The fraction of sp³-hybridized carbons (Fsp3) is 0.600.